The smallest absolute Gasteiger partial charge is 0.275 e. The summed E-state index contributed by atoms with van der Waals surface area (Å²) in [6.07, 6.45) is 3.02. The van der Waals surface area contributed by atoms with Crippen molar-refractivity contribution in [3.63, 3.8) is 0 Å². The second kappa shape index (κ2) is 18.6. The second-order valence-electron chi connectivity index (χ2n) is 18.5. The van der Waals surface area contributed by atoms with E-state index in [2.05, 4.69) is 15.4 Å². The number of methoxy groups -OCH3 is 1. The summed E-state index contributed by atoms with van der Waals surface area (Å²) >= 11 is 0. The molecular weight excluding hydrogens is 934 g/mol. The van der Waals surface area contributed by atoms with Crippen LogP contribution >= 0.6 is 0 Å². The molecule has 9 rings (SSSR count). The van der Waals surface area contributed by atoms with Crippen molar-refractivity contribution >= 4 is 50.2 Å². The molecule has 0 saturated carbocycles. The van der Waals surface area contributed by atoms with Crippen LogP contribution in [0.1, 0.15) is 76.7 Å². The third kappa shape index (κ3) is 9.16. The number of imide groups is 2. The number of alkyl halides is 2. The van der Waals surface area contributed by atoms with Crippen LogP contribution in [0, 0.1) is 5.82 Å². The first-order valence-electron chi connectivity index (χ1n) is 23.0. The Kier molecular flexibility index (Phi) is 12.9. The van der Waals surface area contributed by atoms with E-state index in [4.69, 9.17) is 14.2 Å². The zero-order chi connectivity index (χ0) is 49.9. The van der Waals surface area contributed by atoms with E-state index in [1.807, 2.05) is 4.90 Å². The number of fused-ring (bicyclic) bond motifs is 2. The van der Waals surface area contributed by atoms with Crippen LogP contribution in [0.15, 0.2) is 66.9 Å². The van der Waals surface area contributed by atoms with Crippen molar-refractivity contribution in [1.29, 1.82) is 0 Å². The van der Waals surface area contributed by atoms with E-state index in [0.29, 0.717) is 46.0 Å². The van der Waals surface area contributed by atoms with Gasteiger partial charge in [0.15, 0.2) is 23.1 Å². The van der Waals surface area contributed by atoms with Gasteiger partial charge in [0.05, 0.1) is 65.9 Å². The summed E-state index contributed by atoms with van der Waals surface area (Å²) in [7, 11) is -0.592. The Balaban J connectivity index is 0.824. The molecule has 5 aromatic rings. The summed E-state index contributed by atoms with van der Waals surface area (Å²) in [5.74, 6) is -5.30. The van der Waals surface area contributed by atoms with Gasteiger partial charge < -0.3 is 19.1 Å². The Morgan fingerprint density at radius 1 is 0.929 bits per heavy atom. The molecule has 70 heavy (non-hydrogen) atoms. The number of piperazine rings is 1. The van der Waals surface area contributed by atoms with E-state index in [-0.39, 0.29) is 87.2 Å². The summed E-state index contributed by atoms with van der Waals surface area (Å²) in [5, 5.41) is 7.32. The molecule has 0 spiro atoms. The molecule has 370 valence electrons. The van der Waals surface area contributed by atoms with E-state index in [0.717, 1.165) is 16.7 Å². The van der Waals surface area contributed by atoms with Crippen LogP contribution in [0.2, 0.25) is 0 Å². The van der Waals surface area contributed by atoms with E-state index < -0.39 is 69.1 Å². The number of aryl methyl sites for hydroxylation is 1. The average Bonchev–Trinajstić information content (AvgIpc) is 3.78. The number of halogens is 3. The number of hydrogen-bond donors (Lipinski definition) is 1. The lowest BCUT2D eigenvalue weighted by molar-refractivity contribution is -0.137. The van der Waals surface area contributed by atoms with Crippen LogP contribution in [-0.4, -0.2) is 138 Å². The largest absolute Gasteiger partial charge is 0.493 e. The van der Waals surface area contributed by atoms with E-state index in [9.17, 15) is 27.6 Å². The molecular formula is C49H53F3N8O9S. The van der Waals surface area contributed by atoms with Crippen molar-refractivity contribution in [2.75, 3.05) is 69.9 Å². The monoisotopic (exact) mass is 986 g/mol. The number of nitrogens with one attached hydrogen (secondary N) is 1. The molecule has 3 fully saturated rings. The van der Waals surface area contributed by atoms with Crippen molar-refractivity contribution in [3.05, 3.63) is 101 Å². The minimum Gasteiger partial charge on any atom is -0.493 e. The summed E-state index contributed by atoms with van der Waals surface area (Å²) in [4.78, 5) is 63.7. The fourth-order valence-corrected chi connectivity index (χ4v) is 11.0. The molecule has 4 amide bonds. The van der Waals surface area contributed by atoms with Crippen molar-refractivity contribution in [3.8, 4) is 23.0 Å². The van der Waals surface area contributed by atoms with E-state index >= 15 is 13.2 Å². The predicted octanol–water partition coefficient (Wildman–Crippen LogP) is 5.42. The number of aromatic nitrogens is 3. The lowest BCUT2D eigenvalue weighted by atomic mass is 9.77. The molecule has 4 aliphatic heterocycles. The fraction of sp³-hybridized carbons (Fsp3) is 0.429. The molecule has 0 unspecified atom stereocenters. The number of anilines is 1. The molecule has 1 N–H and O–H groups in total. The summed E-state index contributed by atoms with van der Waals surface area (Å²) in [6.45, 7) is 4.92. The Hall–Kier alpha value is -6.58. The Labute approximate surface area is 402 Å². The number of ether oxygens (including phenoxy) is 3. The third-order valence-electron chi connectivity index (χ3n) is 13.7. The second-order valence-corrected chi connectivity index (χ2v) is 20.7. The molecule has 2 aromatic heterocycles. The first kappa shape index (κ1) is 48.4. The highest BCUT2D eigenvalue weighted by molar-refractivity contribution is 7.90. The minimum atomic E-state index is -3.73. The number of nitrogens with zero attached hydrogens (tertiary/aromatic N) is 7. The van der Waals surface area contributed by atoms with E-state index in [1.165, 1.54) is 36.2 Å². The van der Waals surface area contributed by atoms with Gasteiger partial charge in [-0.2, -0.15) is 5.10 Å². The number of piperidine rings is 2. The van der Waals surface area contributed by atoms with Gasteiger partial charge in [0, 0.05) is 76.6 Å². The van der Waals surface area contributed by atoms with Crippen LogP contribution in [0.4, 0.5) is 19.0 Å². The molecule has 0 radical (unpaired) electrons. The number of carbonyl (C=O) groups excluding carboxylic acids is 4. The molecule has 3 atom stereocenters. The number of rotatable bonds is 14. The maximum Gasteiger partial charge on any atom is 0.275 e. The maximum atomic E-state index is 16.1. The molecule has 0 aliphatic carbocycles. The molecule has 0 bridgehead atoms. The van der Waals surface area contributed by atoms with Gasteiger partial charge in [-0.05, 0) is 74.2 Å². The van der Waals surface area contributed by atoms with Crippen LogP contribution < -0.4 is 24.4 Å². The van der Waals surface area contributed by atoms with Crippen molar-refractivity contribution in [1.82, 2.24) is 34.8 Å². The van der Waals surface area contributed by atoms with Gasteiger partial charge in [-0.15, -0.1) is 0 Å². The number of benzene rings is 3. The number of likely N-dealkylation sites (tertiary alicyclic amines) is 1. The first-order chi connectivity index (χ1) is 33.3. The Bertz CT molecular complexity index is 3020. The predicted molar refractivity (Wildman–Crippen MR) is 251 cm³/mol. The highest BCUT2D eigenvalue weighted by atomic mass is 32.2. The summed E-state index contributed by atoms with van der Waals surface area (Å²) < 4.78 is 91.8. The zero-order valence-corrected chi connectivity index (χ0v) is 40.2. The molecule has 6 heterocycles. The van der Waals surface area contributed by atoms with Gasteiger partial charge in [0.1, 0.15) is 21.4 Å². The number of carbonyl (C=O) groups is 4. The molecule has 3 saturated heterocycles. The van der Waals surface area contributed by atoms with Crippen LogP contribution in [-0.2, 0) is 38.4 Å². The van der Waals surface area contributed by atoms with Crippen LogP contribution in [0.5, 0.6) is 23.0 Å². The topological polar surface area (TPSA) is 186 Å². The van der Waals surface area contributed by atoms with Gasteiger partial charge in [0.25, 0.3) is 17.7 Å². The van der Waals surface area contributed by atoms with Gasteiger partial charge in [-0.25, -0.2) is 26.6 Å². The average molecular weight is 987 g/mol. The number of amides is 4. The Morgan fingerprint density at radius 3 is 2.34 bits per heavy atom. The summed E-state index contributed by atoms with van der Waals surface area (Å²) in [6, 6.07) is 13.5. The molecule has 3 aromatic carbocycles. The van der Waals surface area contributed by atoms with Crippen molar-refractivity contribution in [2.45, 2.75) is 63.1 Å². The summed E-state index contributed by atoms with van der Waals surface area (Å²) in [5.41, 5.74) is 0.992. The quantitative estimate of drug-likeness (QED) is 0.139. The molecule has 4 aliphatic rings. The van der Waals surface area contributed by atoms with Crippen molar-refractivity contribution < 1.29 is 55.0 Å². The minimum absolute atomic E-state index is 0.0335. The third-order valence-corrected chi connectivity index (χ3v) is 14.7. The first-order valence-corrected chi connectivity index (χ1v) is 25.1. The van der Waals surface area contributed by atoms with Gasteiger partial charge in [-0.1, -0.05) is 18.2 Å². The standard InChI is InChI=1S/C49H53F3N8O9S/c1-6-68-39-23-30(9-12-37(39)67-4)36(27-70(5,65)66)60-45(62)32-14-17-53-44(42(32)46(60)63)59-21-19-58(20-22-59)40-15-18-57(28-49(40,51)52)26-29-7-10-31(11-8-29)69-38-25-35-33(24-34(38)50)43(55-56(35)3)48(2)16-13-41(61)54-47(48)64/h7-12,14,17,23-25,36,40H,6,13,15-16,18-22,26-28H2,1-5H3,(H,54,61,64)/t36-,40-,48-/m1/s1. The van der Waals surface area contributed by atoms with Gasteiger partial charge >= 0.3 is 0 Å². The van der Waals surface area contributed by atoms with E-state index in [1.54, 1.807) is 73.2 Å². The fourth-order valence-electron chi connectivity index (χ4n) is 10.1. The molecule has 21 heteroatoms. The molecule has 17 nitrogen and oxygen atoms in total. The van der Waals surface area contributed by atoms with Crippen molar-refractivity contribution in [2.24, 2.45) is 7.05 Å². The van der Waals surface area contributed by atoms with Gasteiger partial charge in [0.2, 0.25) is 11.8 Å². The zero-order valence-electron chi connectivity index (χ0n) is 39.3. The number of hydrogen-bond acceptors (Lipinski definition) is 14. The highest BCUT2D eigenvalue weighted by Crippen LogP contribution is 2.41. The van der Waals surface area contributed by atoms with Crippen LogP contribution in [0.3, 0.4) is 0 Å². The van der Waals surface area contributed by atoms with Gasteiger partial charge in [-0.3, -0.25) is 43.9 Å². The normalized spacial score (nSPS) is 21.5. The number of sulfone groups is 1. The maximum absolute atomic E-state index is 16.1. The highest BCUT2D eigenvalue weighted by Gasteiger charge is 2.49. The Morgan fingerprint density at radius 2 is 1.67 bits per heavy atom. The van der Waals surface area contributed by atoms with Crippen LogP contribution in [0.25, 0.3) is 10.9 Å². The lowest BCUT2D eigenvalue weighted by Crippen LogP contribution is -2.61. The SMILES string of the molecule is CCOc1cc([C@@H](CS(C)(=O)=O)N2C(=O)c3ccnc(N4CCN([C@@H]5CCN(Cc6ccc(Oc7cc8c(cc7F)c([C@@]7(C)CCC(=O)NC7=O)nn8C)cc6)CC5(F)F)CC4)c3C2=O)ccc1OC. The lowest BCUT2D eigenvalue weighted by Gasteiger charge is -2.46. The number of pyridine rings is 1.